The maximum atomic E-state index is 13.3. The summed E-state index contributed by atoms with van der Waals surface area (Å²) in [5, 5.41) is 2.88. The number of amides is 1. The van der Waals surface area contributed by atoms with Crippen LogP contribution < -0.4 is 15.0 Å². The molecule has 4 nitrogen and oxygen atoms in total. The van der Waals surface area contributed by atoms with Gasteiger partial charge in [0.05, 0.1) is 11.4 Å². The quantitative estimate of drug-likeness (QED) is 0.861. The molecule has 6 heteroatoms. The Kier molecular flexibility index (Phi) is 5.71. The number of para-hydroxylation sites is 2. The molecule has 1 unspecified atom stereocenters. The highest BCUT2D eigenvalue weighted by molar-refractivity contribution is 5.97. The van der Waals surface area contributed by atoms with Gasteiger partial charge in [-0.25, -0.2) is 8.78 Å². The fraction of sp³-hybridized carbons (Fsp3) is 0.350. The van der Waals surface area contributed by atoms with Crippen LogP contribution in [0.25, 0.3) is 0 Å². The molecule has 1 amide bonds. The van der Waals surface area contributed by atoms with E-state index < -0.39 is 17.7 Å². The van der Waals surface area contributed by atoms with Crippen molar-refractivity contribution in [2.24, 2.45) is 0 Å². The van der Waals surface area contributed by atoms with Crippen molar-refractivity contribution < 1.29 is 18.3 Å². The zero-order valence-electron chi connectivity index (χ0n) is 14.7. The highest BCUT2D eigenvalue weighted by atomic mass is 19.2. The number of nitrogens with zero attached hydrogens (tertiary/aromatic N) is 1. The van der Waals surface area contributed by atoms with Gasteiger partial charge in [0.2, 0.25) is 0 Å². The van der Waals surface area contributed by atoms with Crippen molar-refractivity contribution in [1.29, 1.82) is 0 Å². The highest BCUT2D eigenvalue weighted by Crippen LogP contribution is 2.28. The number of nitrogens with one attached hydrogen (secondary N) is 1. The first-order valence-corrected chi connectivity index (χ1v) is 8.81. The zero-order chi connectivity index (χ0) is 18.5. The summed E-state index contributed by atoms with van der Waals surface area (Å²) in [4.78, 5) is 14.7. The molecule has 0 saturated carbocycles. The van der Waals surface area contributed by atoms with E-state index in [9.17, 15) is 13.6 Å². The van der Waals surface area contributed by atoms with Crippen molar-refractivity contribution in [3.63, 3.8) is 0 Å². The standard InChI is InChI=1S/C20H22F2N2O2/c1-14(26-15-9-10-16(21)17(22)13-15)20(25)23-18-7-3-4-8-19(18)24-11-5-2-6-12-24/h3-4,7-10,13-14H,2,5-6,11-12H2,1H3,(H,23,25). The Morgan fingerprint density at radius 1 is 1.08 bits per heavy atom. The summed E-state index contributed by atoms with van der Waals surface area (Å²) in [5.41, 5.74) is 1.71. The first kappa shape index (κ1) is 18.2. The monoisotopic (exact) mass is 360 g/mol. The van der Waals surface area contributed by atoms with E-state index in [0.29, 0.717) is 0 Å². The van der Waals surface area contributed by atoms with Gasteiger partial charge in [0.1, 0.15) is 5.75 Å². The Bertz CT molecular complexity index is 776. The maximum absolute atomic E-state index is 13.3. The molecular formula is C20H22F2N2O2. The number of piperidine rings is 1. The van der Waals surface area contributed by atoms with Crippen LogP contribution in [-0.4, -0.2) is 25.1 Å². The van der Waals surface area contributed by atoms with Crippen LogP contribution >= 0.6 is 0 Å². The Hall–Kier alpha value is -2.63. The number of hydrogen-bond acceptors (Lipinski definition) is 3. The SMILES string of the molecule is CC(Oc1ccc(F)c(F)c1)C(=O)Nc1ccccc1N1CCCCC1. The lowest BCUT2D eigenvalue weighted by Crippen LogP contribution is -2.33. The fourth-order valence-corrected chi connectivity index (χ4v) is 3.03. The third-order valence-corrected chi connectivity index (χ3v) is 4.43. The molecule has 0 bridgehead atoms. The molecule has 0 aromatic heterocycles. The number of rotatable bonds is 5. The molecule has 26 heavy (non-hydrogen) atoms. The molecule has 138 valence electrons. The zero-order valence-corrected chi connectivity index (χ0v) is 14.7. The van der Waals surface area contributed by atoms with Gasteiger partial charge in [-0.2, -0.15) is 0 Å². The average Bonchev–Trinajstić information content (AvgIpc) is 2.66. The smallest absolute Gasteiger partial charge is 0.265 e. The van der Waals surface area contributed by atoms with E-state index in [1.165, 1.54) is 12.5 Å². The molecule has 0 spiro atoms. The number of carbonyl (C=O) groups is 1. The highest BCUT2D eigenvalue weighted by Gasteiger charge is 2.19. The normalized spacial score (nSPS) is 15.4. The third kappa shape index (κ3) is 4.31. The molecule has 1 aliphatic heterocycles. The van der Waals surface area contributed by atoms with Crippen molar-refractivity contribution >= 4 is 17.3 Å². The summed E-state index contributed by atoms with van der Waals surface area (Å²) >= 11 is 0. The van der Waals surface area contributed by atoms with Crippen molar-refractivity contribution in [3.05, 3.63) is 54.1 Å². The van der Waals surface area contributed by atoms with Crippen LogP contribution in [-0.2, 0) is 4.79 Å². The van der Waals surface area contributed by atoms with Crippen LogP contribution in [0.2, 0.25) is 0 Å². The summed E-state index contributed by atoms with van der Waals surface area (Å²) in [6.07, 6.45) is 2.65. The first-order chi connectivity index (χ1) is 12.5. The van der Waals surface area contributed by atoms with Crippen LogP contribution in [0, 0.1) is 11.6 Å². The molecule has 1 saturated heterocycles. The van der Waals surface area contributed by atoms with E-state index in [4.69, 9.17) is 4.74 Å². The number of carbonyl (C=O) groups excluding carboxylic acids is 1. The summed E-state index contributed by atoms with van der Waals surface area (Å²) in [6, 6.07) is 10.9. The van der Waals surface area contributed by atoms with E-state index in [-0.39, 0.29) is 11.7 Å². The minimum Gasteiger partial charge on any atom is -0.481 e. The Morgan fingerprint density at radius 2 is 1.81 bits per heavy atom. The van der Waals surface area contributed by atoms with Crippen molar-refractivity contribution in [3.8, 4) is 5.75 Å². The second-order valence-corrected chi connectivity index (χ2v) is 6.39. The summed E-state index contributed by atoms with van der Waals surface area (Å²) in [6.45, 7) is 3.50. The topological polar surface area (TPSA) is 41.6 Å². The van der Waals surface area contributed by atoms with E-state index in [2.05, 4.69) is 10.2 Å². The minimum absolute atomic E-state index is 0.107. The number of ether oxygens (including phenoxy) is 1. The fourth-order valence-electron chi connectivity index (χ4n) is 3.03. The lowest BCUT2D eigenvalue weighted by atomic mass is 10.1. The molecule has 0 aliphatic carbocycles. The van der Waals surface area contributed by atoms with Gasteiger partial charge in [-0.15, -0.1) is 0 Å². The van der Waals surface area contributed by atoms with Gasteiger partial charge in [0.25, 0.3) is 5.91 Å². The van der Waals surface area contributed by atoms with Gasteiger partial charge in [0.15, 0.2) is 17.7 Å². The molecule has 1 heterocycles. The Morgan fingerprint density at radius 3 is 2.54 bits per heavy atom. The molecular weight excluding hydrogens is 338 g/mol. The number of benzene rings is 2. The molecule has 1 aliphatic rings. The Balaban J connectivity index is 1.68. The largest absolute Gasteiger partial charge is 0.481 e. The van der Waals surface area contributed by atoms with Crippen molar-refractivity contribution in [2.75, 3.05) is 23.3 Å². The Labute approximate surface area is 151 Å². The van der Waals surface area contributed by atoms with Gasteiger partial charge < -0.3 is 15.0 Å². The minimum atomic E-state index is -1.01. The second kappa shape index (κ2) is 8.17. The van der Waals surface area contributed by atoms with Crippen LogP contribution in [0.1, 0.15) is 26.2 Å². The van der Waals surface area contributed by atoms with Gasteiger partial charge in [-0.1, -0.05) is 12.1 Å². The summed E-state index contributed by atoms with van der Waals surface area (Å²) in [5.74, 6) is -2.20. The second-order valence-electron chi connectivity index (χ2n) is 6.39. The van der Waals surface area contributed by atoms with E-state index >= 15 is 0 Å². The van der Waals surface area contributed by atoms with Crippen molar-refractivity contribution in [1.82, 2.24) is 0 Å². The predicted molar refractivity (Wildman–Crippen MR) is 97.6 cm³/mol. The average molecular weight is 360 g/mol. The van der Waals surface area contributed by atoms with E-state index in [1.807, 2.05) is 24.3 Å². The predicted octanol–water partition coefficient (Wildman–Crippen LogP) is 4.36. The van der Waals surface area contributed by atoms with E-state index in [1.54, 1.807) is 6.92 Å². The molecule has 1 N–H and O–H groups in total. The molecule has 0 radical (unpaired) electrons. The lowest BCUT2D eigenvalue weighted by Gasteiger charge is -2.30. The van der Waals surface area contributed by atoms with Crippen LogP contribution in [0.3, 0.4) is 0 Å². The summed E-state index contributed by atoms with van der Waals surface area (Å²) < 4.78 is 31.7. The van der Waals surface area contributed by atoms with Crippen LogP contribution in [0.5, 0.6) is 5.75 Å². The number of halogens is 2. The van der Waals surface area contributed by atoms with Gasteiger partial charge >= 0.3 is 0 Å². The maximum Gasteiger partial charge on any atom is 0.265 e. The summed E-state index contributed by atoms with van der Waals surface area (Å²) in [7, 11) is 0. The van der Waals surface area contributed by atoms with Gasteiger partial charge in [-0.3, -0.25) is 4.79 Å². The first-order valence-electron chi connectivity index (χ1n) is 8.81. The third-order valence-electron chi connectivity index (χ3n) is 4.43. The number of anilines is 2. The van der Waals surface area contributed by atoms with Crippen LogP contribution in [0.4, 0.5) is 20.2 Å². The van der Waals surface area contributed by atoms with Crippen LogP contribution in [0.15, 0.2) is 42.5 Å². The molecule has 1 atom stereocenters. The van der Waals surface area contributed by atoms with E-state index in [0.717, 1.165) is 49.4 Å². The lowest BCUT2D eigenvalue weighted by molar-refractivity contribution is -0.122. The molecule has 1 fully saturated rings. The van der Waals surface area contributed by atoms with Gasteiger partial charge in [-0.05, 0) is 50.5 Å². The molecule has 2 aromatic carbocycles. The van der Waals surface area contributed by atoms with Crippen molar-refractivity contribution in [2.45, 2.75) is 32.3 Å². The molecule has 3 rings (SSSR count). The van der Waals surface area contributed by atoms with Gasteiger partial charge in [0, 0.05) is 19.2 Å². The number of hydrogen-bond donors (Lipinski definition) is 1. The molecule has 2 aromatic rings.